The minimum atomic E-state index is 1.16. The number of rotatable bonds is 1. The molecule has 0 aliphatic heterocycles. The molecule has 12 heavy (non-hydrogen) atoms. The van der Waals surface area contributed by atoms with Crippen LogP contribution in [0.4, 0.5) is 0 Å². The minimum Gasteiger partial charge on any atom is -0.217 e. The molecule has 2 nitrogen and oxygen atoms in total. The zero-order valence-corrected chi connectivity index (χ0v) is 6.64. The number of aromatic nitrogens is 2. The molecule has 0 fully saturated rings. The van der Waals surface area contributed by atoms with E-state index >= 15 is 0 Å². The highest BCUT2D eigenvalue weighted by Gasteiger charge is 2.02. The van der Waals surface area contributed by atoms with Crippen LogP contribution in [-0.2, 0) is 0 Å². The van der Waals surface area contributed by atoms with Gasteiger partial charge in [-0.2, -0.15) is 4.57 Å². The summed E-state index contributed by atoms with van der Waals surface area (Å²) in [4.78, 5) is 2.99. The number of nitrogens with one attached hydrogen (secondary N) is 1. The zero-order valence-electron chi connectivity index (χ0n) is 6.64. The van der Waals surface area contributed by atoms with Gasteiger partial charge in [-0.1, -0.05) is 6.07 Å². The van der Waals surface area contributed by atoms with Gasteiger partial charge in [0.1, 0.15) is 0 Å². The van der Waals surface area contributed by atoms with Crippen LogP contribution in [0.2, 0.25) is 0 Å². The van der Waals surface area contributed by atoms with E-state index in [1.807, 2.05) is 55.1 Å². The highest BCUT2D eigenvalue weighted by Crippen LogP contribution is 1.91. The Morgan fingerprint density at radius 2 is 1.58 bits per heavy atom. The minimum absolute atomic E-state index is 1.16. The lowest BCUT2D eigenvalue weighted by molar-refractivity contribution is -0.596. The van der Waals surface area contributed by atoms with Gasteiger partial charge in [-0.05, 0) is 0 Å². The van der Waals surface area contributed by atoms with Crippen molar-refractivity contribution in [1.29, 1.82) is 0 Å². The third kappa shape index (κ3) is 1.32. The van der Waals surface area contributed by atoms with Crippen LogP contribution in [-0.4, -0.2) is 0 Å². The highest BCUT2D eigenvalue weighted by molar-refractivity contribution is 5.14. The Morgan fingerprint density at radius 3 is 2.25 bits per heavy atom. The number of H-pyrrole nitrogens is 1. The van der Waals surface area contributed by atoms with E-state index in [9.17, 15) is 0 Å². The average molecular weight is 158 g/mol. The lowest BCUT2D eigenvalue weighted by Gasteiger charge is -1.89. The molecule has 0 unspecified atom stereocenters. The second-order valence-electron chi connectivity index (χ2n) is 2.54. The molecule has 0 amide bonds. The monoisotopic (exact) mass is 158 g/mol. The van der Waals surface area contributed by atoms with E-state index in [1.54, 1.807) is 0 Å². The molecule has 0 spiro atoms. The van der Waals surface area contributed by atoms with Crippen LogP contribution in [0.5, 0.6) is 0 Å². The van der Waals surface area contributed by atoms with E-state index < -0.39 is 0 Å². The van der Waals surface area contributed by atoms with Crippen LogP contribution in [0.3, 0.4) is 0 Å². The van der Waals surface area contributed by atoms with Gasteiger partial charge < -0.3 is 0 Å². The summed E-state index contributed by atoms with van der Waals surface area (Å²) in [7, 11) is 0. The van der Waals surface area contributed by atoms with Crippen molar-refractivity contribution in [3.63, 3.8) is 0 Å². The van der Waals surface area contributed by atoms with E-state index in [-0.39, 0.29) is 0 Å². The predicted octanol–water partition coefficient (Wildman–Crippen LogP) is 0.777. The SMILES string of the molecule is c1cc[n+](-c2cc[nH+]cc2)cc1. The van der Waals surface area contributed by atoms with Crippen molar-refractivity contribution < 1.29 is 9.55 Å². The summed E-state index contributed by atoms with van der Waals surface area (Å²) in [6, 6.07) is 10.1. The van der Waals surface area contributed by atoms with E-state index in [2.05, 4.69) is 9.55 Å². The topological polar surface area (TPSA) is 18.0 Å². The van der Waals surface area contributed by atoms with Crippen molar-refractivity contribution in [1.82, 2.24) is 0 Å². The normalized spacial score (nSPS) is 9.67. The number of nitrogens with zero attached hydrogens (tertiary/aromatic N) is 1. The third-order valence-corrected chi connectivity index (χ3v) is 1.71. The molecular weight excluding hydrogens is 148 g/mol. The van der Waals surface area contributed by atoms with Crippen molar-refractivity contribution in [3.05, 3.63) is 55.1 Å². The zero-order chi connectivity index (χ0) is 8.23. The first kappa shape index (κ1) is 6.98. The van der Waals surface area contributed by atoms with Crippen molar-refractivity contribution in [2.45, 2.75) is 0 Å². The first-order valence-corrected chi connectivity index (χ1v) is 3.89. The molecule has 0 aliphatic rings. The van der Waals surface area contributed by atoms with Gasteiger partial charge in [-0.15, -0.1) is 0 Å². The van der Waals surface area contributed by atoms with Gasteiger partial charge in [0.25, 0.3) is 0 Å². The standard InChI is InChI=1S/C10H9N2/c1-2-8-12(9-3-1)10-4-6-11-7-5-10/h1-9H/q+1/p+1. The van der Waals surface area contributed by atoms with Gasteiger partial charge in [-0.25, -0.2) is 4.98 Å². The molecule has 1 N–H and O–H groups in total. The van der Waals surface area contributed by atoms with Gasteiger partial charge in [0.15, 0.2) is 24.8 Å². The molecule has 0 aromatic carbocycles. The van der Waals surface area contributed by atoms with Crippen LogP contribution >= 0.6 is 0 Å². The van der Waals surface area contributed by atoms with Crippen LogP contribution in [0.1, 0.15) is 0 Å². The first-order chi connectivity index (χ1) is 5.97. The summed E-state index contributed by atoms with van der Waals surface area (Å²) in [5.41, 5.74) is 1.16. The average Bonchev–Trinajstić information content (AvgIpc) is 2.21. The van der Waals surface area contributed by atoms with E-state index in [1.165, 1.54) is 0 Å². The molecule has 2 aromatic heterocycles. The largest absolute Gasteiger partial charge is 0.222 e. The van der Waals surface area contributed by atoms with Gasteiger partial charge >= 0.3 is 0 Å². The molecule has 0 aliphatic carbocycles. The Balaban J connectivity index is 2.46. The molecule has 0 saturated carbocycles. The molecule has 2 heterocycles. The third-order valence-electron chi connectivity index (χ3n) is 1.71. The van der Waals surface area contributed by atoms with E-state index in [0.29, 0.717) is 0 Å². The summed E-state index contributed by atoms with van der Waals surface area (Å²) in [6.07, 6.45) is 7.87. The predicted molar refractivity (Wildman–Crippen MR) is 44.5 cm³/mol. The van der Waals surface area contributed by atoms with Crippen LogP contribution in [0.25, 0.3) is 5.69 Å². The van der Waals surface area contributed by atoms with E-state index in [0.717, 1.165) is 5.69 Å². The van der Waals surface area contributed by atoms with E-state index in [4.69, 9.17) is 0 Å². The number of hydrogen-bond donors (Lipinski definition) is 0. The van der Waals surface area contributed by atoms with Crippen LogP contribution in [0, 0.1) is 0 Å². The Labute approximate surface area is 71.1 Å². The first-order valence-electron chi connectivity index (χ1n) is 3.89. The highest BCUT2D eigenvalue weighted by atomic mass is 14.9. The van der Waals surface area contributed by atoms with Gasteiger partial charge in [0, 0.05) is 12.1 Å². The molecule has 2 rings (SSSR count). The second kappa shape index (κ2) is 3.13. The van der Waals surface area contributed by atoms with Crippen molar-refractivity contribution in [2.24, 2.45) is 0 Å². The summed E-state index contributed by atoms with van der Waals surface area (Å²) in [6.45, 7) is 0. The lowest BCUT2D eigenvalue weighted by Crippen LogP contribution is -2.29. The molecule has 0 saturated heterocycles. The quantitative estimate of drug-likeness (QED) is 0.546. The Kier molecular flexibility index (Phi) is 1.82. The second-order valence-corrected chi connectivity index (χ2v) is 2.54. The van der Waals surface area contributed by atoms with Gasteiger partial charge in [0.2, 0.25) is 5.69 Å². The molecule has 2 heteroatoms. The summed E-state index contributed by atoms with van der Waals surface area (Å²) in [5.74, 6) is 0. The fraction of sp³-hybridized carbons (Fsp3) is 0. The maximum Gasteiger partial charge on any atom is 0.222 e. The molecule has 0 atom stereocenters. The summed E-state index contributed by atoms with van der Waals surface area (Å²) < 4.78 is 2.06. The molecule has 0 bridgehead atoms. The van der Waals surface area contributed by atoms with Gasteiger partial charge in [0.05, 0.1) is 12.1 Å². The maximum absolute atomic E-state index is 2.99. The number of hydrogen-bond acceptors (Lipinski definition) is 0. The lowest BCUT2D eigenvalue weighted by atomic mass is 10.4. The Hall–Kier alpha value is -1.70. The van der Waals surface area contributed by atoms with Crippen LogP contribution in [0.15, 0.2) is 55.1 Å². The van der Waals surface area contributed by atoms with Crippen LogP contribution < -0.4 is 9.55 Å². The fourth-order valence-electron chi connectivity index (χ4n) is 1.12. The van der Waals surface area contributed by atoms with Crippen molar-refractivity contribution in [2.75, 3.05) is 0 Å². The smallest absolute Gasteiger partial charge is 0.217 e. The summed E-state index contributed by atoms with van der Waals surface area (Å²) >= 11 is 0. The van der Waals surface area contributed by atoms with Gasteiger partial charge in [-0.3, -0.25) is 0 Å². The van der Waals surface area contributed by atoms with Crippen molar-refractivity contribution in [3.8, 4) is 5.69 Å². The molecule has 2 aromatic rings. The van der Waals surface area contributed by atoms with Crippen molar-refractivity contribution >= 4 is 0 Å². The summed E-state index contributed by atoms with van der Waals surface area (Å²) in [5, 5.41) is 0. The molecular formula is C10H10N2+2. The maximum atomic E-state index is 2.99. The Morgan fingerprint density at radius 1 is 0.917 bits per heavy atom. The molecule has 0 radical (unpaired) electrons. The number of pyridine rings is 2. The molecule has 58 valence electrons. The fourth-order valence-corrected chi connectivity index (χ4v) is 1.12. The number of aromatic amines is 1. The Bertz CT molecular complexity index is 305.